The van der Waals surface area contributed by atoms with Gasteiger partial charge in [0.1, 0.15) is 0 Å². The van der Waals surface area contributed by atoms with Gasteiger partial charge < -0.3 is 10.1 Å². The largest absolute Gasteiger partial charge is 0.446 e. The number of nitrogens with one attached hydrogen (secondary N) is 1. The molecule has 1 fully saturated rings. The number of hydrogen-bond acceptors (Lipinski definition) is 3. The molecule has 0 aromatic heterocycles. The maximum absolute atomic E-state index is 12.4. The van der Waals surface area contributed by atoms with E-state index in [1.165, 1.54) is 24.3 Å². The van der Waals surface area contributed by atoms with E-state index in [1.807, 2.05) is 0 Å². The number of carbonyl (C=O) groups is 1. The fraction of sp³-hybridized carbons (Fsp3) is 0.438. The number of rotatable bonds is 4. The average Bonchev–Trinajstić information content (AvgIpc) is 2.52. The third kappa shape index (κ3) is 5.48. The number of benzene rings is 1. The Balaban J connectivity index is 2.04. The fourth-order valence-corrected chi connectivity index (χ4v) is 3.00. The summed E-state index contributed by atoms with van der Waals surface area (Å²) >= 11 is -0.252. The first-order valence-corrected chi connectivity index (χ1v) is 7.91. The topological polar surface area (TPSA) is 38.3 Å². The minimum Gasteiger partial charge on any atom is -0.381 e. The molecule has 23 heavy (non-hydrogen) atoms. The van der Waals surface area contributed by atoms with Crippen LogP contribution in [-0.2, 0) is 4.74 Å². The molecule has 1 aliphatic heterocycles. The van der Waals surface area contributed by atoms with Gasteiger partial charge in [-0.25, -0.2) is 0 Å². The molecule has 1 N–H and O–H groups in total. The highest BCUT2D eigenvalue weighted by Crippen LogP contribution is 2.36. The summed E-state index contributed by atoms with van der Waals surface area (Å²) in [5.41, 5.74) is -4.23. The summed E-state index contributed by atoms with van der Waals surface area (Å²) in [6, 6.07) is 4.96. The van der Waals surface area contributed by atoms with Crippen molar-refractivity contribution in [3.05, 3.63) is 29.8 Å². The zero-order valence-corrected chi connectivity index (χ0v) is 13.0. The summed E-state index contributed by atoms with van der Waals surface area (Å²) in [6.45, 7) is 1.19. The van der Waals surface area contributed by atoms with Crippen molar-refractivity contribution in [1.29, 1.82) is 0 Å². The first-order chi connectivity index (χ1) is 10.9. The van der Waals surface area contributed by atoms with Crippen LogP contribution in [0.3, 0.4) is 0 Å². The second-order valence-corrected chi connectivity index (χ2v) is 6.28. The monoisotopic (exact) mass is 343 g/mol. The Bertz CT molecular complexity index is 592. The van der Waals surface area contributed by atoms with Crippen LogP contribution in [0, 0.1) is 18.3 Å². The zero-order valence-electron chi connectivity index (χ0n) is 12.2. The van der Waals surface area contributed by atoms with Crippen molar-refractivity contribution < 1.29 is 22.7 Å². The van der Waals surface area contributed by atoms with Gasteiger partial charge in [0.25, 0.3) is 5.91 Å². The molecule has 0 radical (unpaired) electrons. The summed E-state index contributed by atoms with van der Waals surface area (Å²) in [5.74, 6) is 2.20. The number of amides is 1. The van der Waals surface area contributed by atoms with Gasteiger partial charge in [-0.05, 0) is 48.7 Å². The van der Waals surface area contributed by atoms with Crippen LogP contribution in [0.25, 0.3) is 0 Å². The van der Waals surface area contributed by atoms with E-state index < -0.39 is 17.5 Å². The van der Waals surface area contributed by atoms with Crippen LogP contribution in [0.2, 0.25) is 0 Å². The van der Waals surface area contributed by atoms with E-state index in [9.17, 15) is 18.0 Å². The maximum Gasteiger partial charge on any atom is 0.446 e. The Morgan fingerprint density at radius 1 is 1.39 bits per heavy atom. The van der Waals surface area contributed by atoms with Crippen LogP contribution in [0.4, 0.5) is 13.2 Å². The molecule has 1 aromatic rings. The maximum atomic E-state index is 12.4. The number of alkyl halides is 3. The molecule has 1 unspecified atom stereocenters. The second kappa shape index (κ2) is 7.75. The number of ether oxygens (including phenoxy) is 1. The average molecular weight is 343 g/mol. The van der Waals surface area contributed by atoms with E-state index in [0.717, 1.165) is 12.8 Å². The third-order valence-electron chi connectivity index (χ3n) is 3.53. The lowest BCUT2D eigenvalue weighted by Crippen LogP contribution is -2.41. The quantitative estimate of drug-likeness (QED) is 0.672. The number of terminal acetylenes is 1. The zero-order chi connectivity index (χ0) is 16.9. The molecule has 0 saturated carbocycles. The van der Waals surface area contributed by atoms with E-state index in [1.54, 1.807) is 0 Å². The van der Waals surface area contributed by atoms with Gasteiger partial charge in [-0.1, -0.05) is 12.0 Å². The lowest BCUT2D eigenvalue weighted by molar-refractivity contribution is -0.0328. The molecular formula is C16H16F3NO2S. The van der Waals surface area contributed by atoms with Crippen molar-refractivity contribution in [3.63, 3.8) is 0 Å². The van der Waals surface area contributed by atoms with Crippen molar-refractivity contribution in [2.45, 2.75) is 29.3 Å². The van der Waals surface area contributed by atoms with Crippen LogP contribution in [0.5, 0.6) is 0 Å². The van der Waals surface area contributed by atoms with Gasteiger partial charge in [0.15, 0.2) is 0 Å². The number of thioether (sulfide) groups is 1. The van der Waals surface area contributed by atoms with Crippen molar-refractivity contribution >= 4 is 17.7 Å². The summed E-state index contributed by atoms with van der Waals surface area (Å²) in [6.07, 6.45) is 6.98. The summed E-state index contributed by atoms with van der Waals surface area (Å²) < 4.78 is 42.5. The number of halogens is 3. The van der Waals surface area contributed by atoms with Crippen LogP contribution in [-0.4, -0.2) is 30.7 Å². The second-order valence-electron chi connectivity index (χ2n) is 5.14. The van der Waals surface area contributed by atoms with Crippen molar-refractivity contribution in [2.24, 2.45) is 5.92 Å². The van der Waals surface area contributed by atoms with E-state index in [4.69, 9.17) is 11.2 Å². The van der Waals surface area contributed by atoms with Gasteiger partial charge in [0, 0.05) is 23.7 Å². The molecule has 7 heteroatoms. The molecule has 3 nitrogen and oxygen atoms in total. The van der Waals surface area contributed by atoms with Gasteiger partial charge in [-0.2, -0.15) is 13.2 Å². The van der Waals surface area contributed by atoms with E-state index >= 15 is 0 Å². The van der Waals surface area contributed by atoms with Gasteiger partial charge in [0.05, 0.1) is 6.04 Å². The Morgan fingerprint density at radius 3 is 2.70 bits per heavy atom. The molecule has 1 aliphatic rings. The molecule has 124 valence electrons. The molecule has 2 rings (SSSR count). The highest BCUT2D eigenvalue weighted by atomic mass is 32.2. The summed E-state index contributed by atoms with van der Waals surface area (Å²) in [4.78, 5) is 12.2. The lowest BCUT2D eigenvalue weighted by Gasteiger charge is -2.27. The highest BCUT2D eigenvalue weighted by molar-refractivity contribution is 8.00. The van der Waals surface area contributed by atoms with Crippen molar-refractivity contribution in [1.82, 2.24) is 5.32 Å². The Labute approximate surface area is 137 Å². The van der Waals surface area contributed by atoms with Gasteiger partial charge in [0.2, 0.25) is 0 Å². The van der Waals surface area contributed by atoms with E-state index in [0.29, 0.717) is 13.2 Å². The number of carbonyl (C=O) groups excluding carboxylic acids is 1. The van der Waals surface area contributed by atoms with Crippen LogP contribution >= 0.6 is 11.8 Å². The Morgan fingerprint density at radius 2 is 2.09 bits per heavy atom. The SMILES string of the molecule is C#CC(NC(=O)c1cccc(SC(F)(F)F)c1)C1CCOCC1. The third-order valence-corrected chi connectivity index (χ3v) is 4.25. The smallest absolute Gasteiger partial charge is 0.381 e. The molecule has 1 amide bonds. The molecule has 0 spiro atoms. The van der Waals surface area contributed by atoms with Crippen LogP contribution < -0.4 is 5.32 Å². The first kappa shape index (κ1) is 17.7. The lowest BCUT2D eigenvalue weighted by atomic mass is 9.92. The summed E-state index contributed by atoms with van der Waals surface area (Å²) in [7, 11) is 0. The number of hydrogen-bond donors (Lipinski definition) is 1. The Kier molecular flexibility index (Phi) is 5.97. The fourth-order valence-electron chi connectivity index (χ4n) is 2.40. The van der Waals surface area contributed by atoms with Crippen LogP contribution in [0.15, 0.2) is 29.2 Å². The predicted molar refractivity (Wildman–Crippen MR) is 82.0 cm³/mol. The minimum atomic E-state index is -4.39. The van der Waals surface area contributed by atoms with E-state index in [2.05, 4.69) is 11.2 Å². The van der Waals surface area contributed by atoms with Crippen molar-refractivity contribution in [3.8, 4) is 12.3 Å². The van der Waals surface area contributed by atoms with E-state index in [-0.39, 0.29) is 28.1 Å². The molecule has 1 atom stereocenters. The summed E-state index contributed by atoms with van der Waals surface area (Å²) in [5, 5.41) is 2.72. The molecule has 1 heterocycles. The Hall–Kier alpha value is -1.65. The molecule has 1 saturated heterocycles. The van der Waals surface area contributed by atoms with Crippen LogP contribution in [0.1, 0.15) is 23.2 Å². The van der Waals surface area contributed by atoms with Gasteiger partial charge in [-0.3, -0.25) is 4.79 Å². The molecule has 1 aromatic carbocycles. The first-order valence-electron chi connectivity index (χ1n) is 7.09. The van der Waals surface area contributed by atoms with Gasteiger partial charge >= 0.3 is 5.51 Å². The minimum absolute atomic E-state index is 0.0338. The molecular weight excluding hydrogens is 327 g/mol. The standard InChI is InChI=1S/C16H16F3NO2S/c1-2-14(11-6-8-22-9-7-11)20-15(21)12-4-3-5-13(10-12)23-16(17,18)19/h1,3-5,10-11,14H,6-9H2,(H,20,21). The predicted octanol–water partition coefficient (Wildman–Crippen LogP) is 3.46. The molecule has 0 bridgehead atoms. The molecule has 0 aliphatic carbocycles. The normalized spacial score (nSPS) is 17.3. The van der Waals surface area contributed by atoms with Gasteiger partial charge in [-0.15, -0.1) is 6.42 Å². The highest BCUT2D eigenvalue weighted by Gasteiger charge is 2.29. The van der Waals surface area contributed by atoms with Crippen molar-refractivity contribution in [2.75, 3.05) is 13.2 Å².